The minimum Gasteiger partial charge on any atom is -0.496 e. The Morgan fingerprint density at radius 2 is 1.71 bits per heavy atom. The van der Waals surface area contributed by atoms with E-state index in [9.17, 15) is 0 Å². The van der Waals surface area contributed by atoms with Gasteiger partial charge >= 0.3 is 0 Å². The molecule has 0 saturated carbocycles. The molecule has 0 fully saturated rings. The molecule has 2 rings (SSSR count). The third-order valence-corrected chi connectivity index (χ3v) is 4.23. The number of aryl methyl sites for hydroxylation is 1. The SMILES string of the molecule is COc1cc(Sc2ccccc2)c(OC)cc1CCCN. The summed E-state index contributed by atoms with van der Waals surface area (Å²) in [5.74, 6) is 1.76. The summed E-state index contributed by atoms with van der Waals surface area (Å²) in [7, 11) is 3.40. The first-order valence-corrected chi connectivity index (χ1v) is 7.78. The number of hydrogen-bond donors (Lipinski definition) is 1. The summed E-state index contributed by atoms with van der Waals surface area (Å²) < 4.78 is 11.0. The average Bonchev–Trinajstić information content (AvgIpc) is 2.54. The van der Waals surface area contributed by atoms with Crippen LogP contribution in [-0.4, -0.2) is 20.8 Å². The van der Waals surface area contributed by atoms with Gasteiger partial charge in [0.25, 0.3) is 0 Å². The van der Waals surface area contributed by atoms with E-state index in [-0.39, 0.29) is 0 Å². The van der Waals surface area contributed by atoms with Crippen LogP contribution in [0, 0.1) is 0 Å². The van der Waals surface area contributed by atoms with Crippen LogP contribution in [0.25, 0.3) is 0 Å². The Labute approximate surface area is 130 Å². The lowest BCUT2D eigenvalue weighted by Crippen LogP contribution is -2.02. The molecule has 3 nitrogen and oxygen atoms in total. The molecular weight excluding hydrogens is 282 g/mol. The lowest BCUT2D eigenvalue weighted by atomic mass is 10.1. The quantitative estimate of drug-likeness (QED) is 0.846. The first-order chi connectivity index (χ1) is 10.3. The minimum atomic E-state index is 0.673. The van der Waals surface area contributed by atoms with E-state index in [0.717, 1.165) is 34.8 Å². The molecule has 0 saturated heterocycles. The standard InChI is InChI=1S/C17H21NO2S/c1-19-15-12-17(21-14-8-4-3-5-9-14)16(20-2)11-13(15)7-6-10-18/h3-5,8-9,11-12H,6-7,10,18H2,1-2H3. The number of methoxy groups -OCH3 is 2. The smallest absolute Gasteiger partial charge is 0.133 e. The molecule has 0 spiro atoms. The Bertz CT molecular complexity index is 573. The fourth-order valence-electron chi connectivity index (χ4n) is 2.12. The lowest BCUT2D eigenvalue weighted by Gasteiger charge is -2.14. The van der Waals surface area contributed by atoms with Gasteiger partial charge in [-0.3, -0.25) is 0 Å². The molecule has 0 aliphatic carbocycles. The summed E-state index contributed by atoms with van der Waals surface area (Å²) in [6, 6.07) is 14.3. The van der Waals surface area contributed by atoms with Crippen LogP contribution < -0.4 is 15.2 Å². The van der Waals surface area contributed by atoms with Gasteiger partial charge in [-0.2, -0.15) is 0 Å². The number of benzene rings is 2. The van der Waals surface area contributed by atoms with Crippen molar-refractivity contribution in [2.45, 2.75) is 22.6 Å². The molecule has 0 aromatic heterocycles. The zero-order chi connectivity index (χ0) is 15.1. The molecule has 0 aliphatic rings. The molecule has 0 radical (unpaired) electrons. The summed E-state index contributed by atoms with van der Waals surface area (Å²) in [5.41, 5.74) is 6.73. The van der Waals surface area contributed by atoms with Gasteiger partial charge in [-0.25, -0.2) is 0 Å². The van der Waals surface area contributed by atoms with Crippen molar-refractivity contribution in [2.24, 2.45) is 5.73 Å². The summed E-state index contributed by atoms with van der Waals surface area (Å²) in [6.07, 6.45) is 1.83. The second-order valence-electron chi connectivity index (χ2n) is 4.62. The van der Waals surface area contributed by atoms with Crippen LogP contribution in [-0.2, 0) is 6.42 Å². The Kier molecular flexibility index (Phi) is 5.96. The number of ether oxygens (including phenoxy) is 2. The summed E-state index contributed by atoms with van der Waals surface area (Å²) >= 11 is 1.67. The molecule has 0 heterocycles. The van der Waals surface area contributed by atoms with Gasteiger partial charge in [-0.15, -0.1) is 0 Å². The first kappa shape index (κ1) is 15.7. The number of nitrogens with two attached hydrogens (primary N) is 1. The van der Waals surface area contributed by atoms with Crippen molar-refractivity contribution in [3.63, 3.8) is 0 Å². The maximum Gasteiger partial charge on any atom is 0.133 e. The highest BCUT2D eigenvalue weighted by molar-refractivity contribution is 7.99. The predicted octanol–water partition coefficient (Wildman–Crippen LogP) is 3.75. The molecule has 0 aliphatic heterocycles. The molecule has 21 heavy (non-hydrogen) atoms. The summed E-state index contributed by atoms with van der Waals surface area (Å²) in [5, 5.41) is 0. The number of hydrogen-bond acceptors (Lipinski definition) is 4. The van der Waals surface area contributed by atoms with Gasteiger partial charge in [-0.05, 0) is 49.2 Å². The van der Waals surface area contributed by atoms with E-state index >= 15 is 0 Å². The summed E-state index contributed by atoms with van der Waals surface area (Å²) in [4.78, 5) is 2.23. The van der Waals surface area contributed by atoms with Crippen LogP contribution in [0.3, 0.4) is 0 Å². The first-order valence-electron chi connectivity index (χ1n) is 6.96. The Morgan fingerprint density at radius 1 is 1.00 bits per heavy atom. The predicted molar refractivity (Wildman–Crippen MR) is 87.5 cm³/mol. The van der Waals surface area contributed by atoms with Crippen LogP contribution in [0.1, 0.15) is 12.0 Å². The Balaban J connectivity index is 2.32. The molecule has 2 N–H and O–H groups in total. The average molecular weight is 303 g/mol. The van der Waals surface area contributed by atoms with E-state index in [1.54, 1.807) is 26.0 Å². The van der Waals surface area contributed by atoms with Crippen molar-refractivity contribution in [3.8, 4) is 11.5 Å². The third kappa shape index (κ3) is 4.16. The molecule has 0 amide bonds. The largest absolute Gasteiger partial charge is 0.496 e. The van der Waals surface area contributed by atoms with Gasteiger partial charge in [0.1, 0.15) is 11.5 Å². The fourth-order valence-corrected chi connectivity index (χ4v) is 3.07. The van der Waals surface area contributed by atoms with Crippen LogP contribution in [0.2, 0.25) is 0 Å². The zero-order valence-corrected chi connectivity index (χ0v) is 13.3. The van der Waals surface area contributed by atoms with Crippen LogP contribution in [0.15, 0.2) is 52.3 Å². The van der Waals surface area contributed by atoms with Crippen molar-refractivity contribution in [3.05, 3.63) is 48.0 Å². The highest BCUT2D eigenvalue weighted by atomic mass is 32.2. The van der Waals surface area contributed by atoms with E-state index in [2.05, 4.69) is 18.2 Å². The van der Waals surface area contributed by atoms with E-state index in [0.29, 0.717) is 6.54 Å². The highest BCUT2D eigenvalue weighted by Crippen LogP contribution is 2.39. The molecule has 2 aromatic carbocycles. The molecule has 2 aromatic rings. The Hall–Kier alpha value is -1.65. The van der Waals surface area contributed by atoms with Crippen molar-refractivity contribution < 1.29 is 9.47 Å². The van der Waals surface area contributed by atoms with E-state index in [4.69, 9.17) is 15.2 Å². The lowest BCUT2D eigenvalue weighted by molar-refractivity contribution is 0.390. The second kappa shape index (κ2) is 7.96. The zero-order valence-electron chi connectivity index (χ0n) is 12.5. The van der Waals surface area contributed by atoms with Crippen molar-refractivity contribution in [1.29, 1.82) is 0 Å². The minimum absolute atomic E-state index is 0.673. The molecule has 112 valence electrons. The maximum atomic E-state index is 5.59. The van der Waals surface area contributed by atoms with E-state index in [1.807, 2.05) is 24.3 Å². The Morgan fingerprint density at radius 3 is 2.33 bits per heavy atom. The monoisotopic (exact) mass is 303 g/mol. The van der Waals surface area contributed by atoms with Crippen molar-refractivity contribution in [2.75, 3.05) is 20.8 Å². The van der Waals surface area contributed by atoms with E-state index in [1.165, 1.54) is 4.90 Å². The maximum absolute atomic E-state index is 5.59. The van der Waals surface area contributed by atoms with Crippen molar-refractivity contribution >= 4 is 11.8 Å². The van der Waals surface area contributed by atoms with Gasteiger partial charge < -0.3 is 15.2 Å². The number of rotatable bonds is 7. The van der Waals surface area contributed by atoms with Gasteiger partial charge in [0.2, 0.25) is 0 Å². The van der Waals surface area contributed by atoms with Gasteiger partial charge in [0.05, 0.1) is 19.1 Å². The third-order valence-electron chi connectivity index (χ3n) is 3.19. The molecule has 0 atom stereocenters. The van der Waals surface area contributed by atoms with Gasteiger partial charge in [-0.1, -0.05) is 30.0 Å². The van der Waals surface area contributed by atoms with Gasteiger partial charge in [0, 0.05) is 4.90 Å². The van der Waals surface area contributed by atoms with Gasteiger partial charge in [0.15, 0.2) is 0 Å². The molecule has 4 heteroatoms. The summed E-state index contributed by atoms with van der Waals surface area (Å²) in [6.45, 7) is 0.673. The van der Waals surface area contributed by atoms with E-state index < -0.39 is 0 Å². The van der Waals surface area contributed by atoms with Crippen LogP contribution in [0.4, 0.5) is 0 Å². The normalized spacial score (nSPS) is 10.4. The molecular formula is C17H21NO2S. The van der Waals surface area contributed by atoms with Crippen LogP contribution >= 0.6 is 11.8 Å². The second-order valence-corrected chi connectivity index (χ2v) is 5.74. The van der Waals surface area contributed by atoms with Crippen LogP contribution in [0.5, 0.6) is 11.5 Å². The molecule has 0 unspecified atom stereocenters. The fraction of sp³-hybridized carbons (Fsp3) is 0.294. The molecule has 0 bridgehead atoms. The topological polar surface area (TPSA) is 44.5 Å². The van der Waals surface area contributed by atoms with Crippen molar-refractivity contribution in [1.82, 2.24) is 0 Å². The highest BCUT2D eigenvalue weighted by Gasteiger charge is 2.12.